The number of hydrogen-bond donors (Lipinski definition) is 1. The van der Waals surface area contributed by atoms with Crippen LogP contribution >= 0.6 is 12.2 Å². The maximum absolute atomic E-state index is 5.46. The van der Waals surface area contributed by atoms with Gasteiger partial charge in [0.25, 0.3) is 0 Å². The summed E-state index contributed by atoms with van der Waals surface area (Å²) in [6, 6.07) is 16.1. The number of hydrogen-bond acceptors (Lipinski definition) is 2. The van der Waals surface area contributed by atoms with Crippen LogP contribution in [0.1, 0.15) is 11.1 Å². The van der Waals surface area contributed by atoms with E-state index in [1.807, 2.05) is 54.4 Å². The van der Waals surface area contributed by atoms with Gasteiger partial charge in [0.1, 0.15) is 5.75 Å². The summed E-state index contributed by atoms with van der Waals surface area (Å²) in [6.45, 7) is 2.82. The summed E-state index contributed by atoms with van der Waals surface area (Å²) < 4.78 is 5.16. The summed E-state index contributed by atoms with van der Waals surface area (Å²) in [4.78, 5) is 2.02. The highest BCUT2D eigenvalue weighted by Gasteiger charge is 2.07. The molecule has 0 unspecified atom stereocenters. The molecule has 0 fully saturated rings. The van der Waals surface area contributed by atoms with E-state index in [1.165, 1.54) is 11.1 Å². The predicted octanol–water partition coefficient (Wildman–Crippen LogP) is 3.83. The third-order valence-electron chi connectivity index (χ3n) is 3.31. The van der Waals surface area contributed by atoms with E-state index in [2.05, 4.69) is 18.3 Å². The number of benzene rings is 2. The van der Waals surface area contributed by atoms with Crippen molar-refractivity contribution in [3.63, 3.8) is 0 Å². The first-order chi connectivity index (χ1) is 10.1. The summed E-state index contributed by atoms with van der Waals surface area (Å²) in [7, 11) is 3.65. The SMILES string of the molecule is COc1ccc(CN(C)C(=S)Nc2ccccc2C)cc1. The van der Waals surface area contributed by atoms with E-state index in [0.29, 0.717) is 5.11 Å². The molecule has 110 valence electrons. The topological polar surface area (TPSA) is 24.5 Å². The smallest absolute Gasteiger partial charge is 0.173 e. The number of ether oxygens (including phenoxy) is 1. The van der Waals surface area contributed by atoms with Crippen LogP contribution in [0.2, 0.25) is 0 Å². The second kappa shape index (κ2) is 7.09. The maximum Gasteiger partial charge on any atom is 0.173 e. The van der Waals surface area contributed by atoms with Gasteiger partial charge in [-0.05, 0) is 48.5 Å². The highest BCUT2D eigenvalue weighted by Crippen LogP contribution is 2.15. The highest BCUT2D eigenvalue weighted by molar-refractivity contribution is 7.80. The van der Waals surface area contributed by atoms with Crippen LogP contribution in [0.3, 0.4) is 0 Å². The van der Waals surface area contributed by atoms with Gasteiger partial charge in [0.05, 0.1) is 7.11 Å². The summed E-state index contributed by atoms with van der Waals surface area (Å²) in [5, 5.41) is 3.99. The second-order valence-electron chi connectivity index (χ2n) is 4.95. The Morgan fingerprint density at radius 3 is 2.43 bits per heavy atom. The number of para-hydroxylation sites is 1. The average molecular weight is 300 g/mol. The average Bonchev–Trinajstić information content (AvgIpc) is 2.50. The van der Waals surface area contributed by atoms with Crippen molar-refractivity contribution in [2.45, 2.75) is 13.5 Å². The molecule has 4 heteroatoms. The molecule has 2 rings (SSSR count). The number of thiocarbonyl (C=S) groups is 1. The van der Waals surface area contributed by atoms with Gasteiger partial charge in [-0.3, -0.25) is 0 Å². The summed E-state index contributed by atoms with van der Waals surface area (Å²) in [6.07, 6.45) is 0. The van der Waals surface area contributed by atoms with Crippen LogP contribution in [0.25, 0.3) is 0 Å². The van der Waals surface area contributed by atoms with Crippen molar-refractivity contribution in [2.75, 3.05) is 19.5 Å². The number of nitrogens with one attached hydrogen (secondary N) is 1. The summed E-state index contributed by atoms with van der Waals surface area (Å²) in [5.74, 6) is 0.863. The normalized spacial score (nSPS) is 10.0. The molecule has 0 spiro atoms. The lowest BCUT2D eigenvalue weighted by Crippen LogP contribution is -2.30. The molecule has 2 aromatic rings. The molecule has 0 amide bonds. The lowest BCUT2D eigenvalue weighted by Gasteiger charge is -2.22. The van der Waals surface area contributed by atoms with E-state index in [-0.39, 0.29) is 0 Å². The van der Waals surface area contributed by atoms with Crippen LogP contribution in [-0.2, 0) is 6.54 Å². The molecule has 3 nitrogen and oxygen atoms in total. The van der Waals surface area contributed by atoms with Gasteiger partial charge in [-0.2, -0.15) is 0 Å². The fourth-order valence-electron chi connectivity index (χ4n) is 2.00. The van der Waals surface area contributed by atoms with Gasteiger partial charge in [-0.15, -0.1) is 0 Å². The van der Waals surface area contributed by atoms with E-state index in [0.717, 1.165) is 18.0 Å². The van der Waals surface area contributed by atoms with Crippen molar-refractivity contribution in [1.29, 1.82) is 0 Å². The Bertz CT molecular complexity index is 610. The largest absolute Gasteiger partial charge is 0.497 e. The molecule has 0 heterocycles. The Kier molecular flexibility index (Phi) is 5.17. The van der Waals surface area contributed by atoms with Gasteiger partial charge in [-0.25, -0.2) is 0 Å². The van der Waals surface area contributed by atoms with E-state index in [1.54, 1.807) is 7.11 Å². The summed E-state index contributed by atoms with van der Waals surface area (Å²) >= 11 is 5.46. The second-order valence-corrected chi connectivity index (χ2v) is 5.34. The Morgan fingerprint density at radius 1 is 1.14 bits per heavy atom. The lowest BCUT2D eigenvalue weighted by atomic mass is 10.2. The van der Waals surface area contributed by atoms with Gasteiger partial charge in [0, 0.05) is 19.3 Å². The molecule has 0 bridgehead atoms. The molecule has 1 N–H and O–H groups in total. The van der Waals surface area contributed by atoms with Crippen LogP contribution in [0.5, 0.6) is 5.75 Å². The Labute approximate surface area is 131 Å². The van der Waals surface area contributed by atoms with Gasteiger partial charge < -0.3 is 15.0 Å². The Hall–Kier alpha value is -2.07. The van der Waals surface area contributed by atoms with E-state index >= 15 is 0 Å². The lowest BCUT2D eigenvalue weighted by molar-refractivity contribution is 0.414. The van der Waals surface area contributed by atoms with E-state index in [4.69, 9.17) is 17.0 Å². The molecule has 21 heavy (non-hydrogen) atoms. The zero-order chi connectivity index (χ0) is 15.2. The van der Waals surface area contributed by atoms with Crippen LogP contribution in [0, 0.1) is 6.92 Å². The van der Waals surface area contributed by atoms with Crippen LogP contribution < -0.4 is 10.1 Å². The molecule has 0 aliphatic rings. The van der Waals surface area contributed by atoms with Crippen molar-refractivity contribution < 1.29 is 4.74 Å². The third kappa shape index (κ3) is 4.20. The van der Waals surface area contributed by atoms with Crippen molar-refractivity contribution >= 4 is 23.0 Å². The van der Waals surface area contributed by atoms with Crippen molar-refractivity contribution in [3.05, 3.63) is 59.7 Å². The number of anilines is 1. The Balaban J connectivity index is 1.97. The first-order valence-electron chi connectivity index (χ1n) is 6.81. The number of rotatable bonds is 4. The maximum atomic E-state index is 5.46. The fraction of sp³-hybridized carbons (Fsp3) is 0.235. The van der Waals surface area contributed by atoms with Gasteiger partial charge in [0.15, 0.2) is 5.11 Å². The van der Waals surface area contributed by atoms with Crippen molar-refractivity contribution in [1.82, 2.24) is 4.90 Å². The molecule has 0 aliphatic heterocycles. The van der Waals surface area contributed by atoms with E-state index < -0.39 is 0 Å². The van der Waals surface area contributed by atoms with Crippen molar-refractivity contribution in [2.24, 2.45) is 0 Å². The predicted molar refractivity (Wildman–Crippen MR) is 91.9 cm³/mol. The molecule has 0 aromatic heterocycles. The number of aryl methyl sites for hydroxylation is 1. The zero-order valence-corrected chi connectivity index (χ0v) is 13.4. The van der Waals surface area contributed by atoms with Crippen molar-refractivity contribution in [3.8, 4) is 5.75 Å². The minimum absolute atomic E-state index is 0.708. The quantitative estimate of drug-likeness (QED) is 0.867. The standard InChI is InChI=1S/C17H20N2OS/c1-13-6-4-5-7-16(13)18-17(21)19(2)12-14-8-10-15(20-3)11-9-14/h4-11H,12H2,1-3H3,(H,18,21). The molecule has 0 aliphatic carbocycles. The summed E-state index contributed by atoms with van der Waals surface area (Å²) in [5.41, 5.74) is 3.41. The molecular formula is C17H20N2OS. The molecular weight excluding hydrogens is 280 g/mol. The minimum atomic E-state index is 0.708. The number of methoxy groups -OCH3 is 1. The fourth-order valence-corrected chi connectivity index (χ4v) is 2.17. The zero-order valence-electron chi connectivity index (χ0n) is 12.6. The van der Waals surface area contributed by atoms with Gasteiger partial charge in [-0.1, -0.05) is 30.3 Å². The van der Waals surface area contributed by atoms with Gasteiger partial charge >= 0.3 is 0 Å². The Morgan fingerprint density at radius 2 is 1.81 bits per heavy atom. The van der Waals surface area contributed by atoms with Crippen LogP contribution in [0.4, 0.5) is 5.69 Å². The van der Waals surface area contributed by atoms with Crippen LogP contribution in [-0.4, -0.2) is 24.2 Å². The van der Waals surface area contributed by atoms with E-state index in [9.17, 15) is 0 Å². The molecule has 0 atom stereocenters. The third-order valence-corrected chi connectivity index (χ3v) is 3.73. The molecule has 2 aromatic carbocycles. The van der Waals surface area contributed by atoms with Gasteiger partial charge in [0.2, 0.25) is 0 Å². The monoisotopic (exact) mass is 300 g/mol. The molecule has 0 radical (unpaired) electrons. The van der Waals surface area contributed by atoms with Crippen LogP contribution in [0.15, 0.2) is 48.5 Å². The molecule has 0 saturated heterocycles. The first-order valence-corrected chi connectivity index (χ1v) is 7.21. The first kappa shape index (κ1) is 15.3. The highest BCUT2D eigenvalue weighted by atomic mass is 32.1. The minimum Gasteiger partial charge on any atom is -0.497 e. The number of nitrogens with zero attached hydrogens (tertiary/aromatic N) is 1. The molecule has 0 saturated carbocycles.